The van der Waals surface area contributed by atoms with Gasteiger partial charge in [-0.25, -0.2) is 4.79 Å². The van der Waals surface area contributed by atoms with Crippen molar-refractivity contribution in [2.75, 3.05) is 13.7 Å². The Kier molecular flexibility index (Phi) is 3.53. The maximum Gasteiger partial charge on any atom is 0.326 e. The molecule has 0 spiro atoms. The van der Waals surface area contributed by atoms with Crippen molar-refractivity contribution in [2.45, 2.75) is 25.3 Å². The van der Waals surface area contributed by atoms with E-state index in [4.69, 9.17) is 4.74 Å². The maximum atomic E-state index is 12.7. The molecule has 21 heavy (non-hydrogen) atoms. The third kappa shape index (κ3) is 2.24. The molecule has 1 amide bonds. The van der Waals surface area contributed by atoms with E-state index in [0.717, 1.165) is 19.3 Å². The third-order valence-electron chi connectivity index (χ3n) is 4.64. The molecule has 2 aliphatic rings. The van der Waals surface area contributed by atoms with Crippen LogP contribution in [0.4, 0.5) is 0 Å². The minimum Gasteiger partial charge on any atom is -0.494 e. The molecule has 0 bridgehead atoms. The van der Waals surface area contributed by atoms with Gasteiger partial charge in [-0.05, 0) is 30.7 Å². The summed E-state index contributed by atoms with van der Waals surface area (Å²) in [7, 11) is 1.47. The highest BCUT2D eigenvalue weighted by atomic mass is 16.5. The van der Waals surface area contributed by atoms with Gasteiger partial charge in [0.1, 0.15) is 11.8 Å². The van der Waals surface area contributed by atoms with Crippen LogP contribution in [0.15, 0.2) is 18.5 Å². The van der Waals surface area contributed by atoms with Crippen molar-refractivity contribution in [1.29, 1.82) is 0 Å². The number of pyridine rings is 1. The SMILES string of the molecule is COc1cnccc1C(=O)N1CC2CCCC2C1C(=O)O. The highest BCUT2D eigenvalue weighted by Crippen LogP contribution is 2.43. The molecular formula is C15H18N2O4. The van der Waals surface area contributed by atoms with Crippen LogP contribution in [-0.4, -0.2) is 46.6 Å². The van der Waals surface area contributed by atoms with Gasteiger partial charge in [0, 0.05) is 12.7 Å². The van der Waals surface area contributed by atoms with Gasteiger partial charge >= 0.3 is 5.97 Å². The molecule has 3 atom stereocenters. The smallest absolute Gasteiger partial charge is 0.326 e. The summed E-state index contributed by atoms with van der Waals surface area (Å²) in [5.74, 6) is -0.423. The summed E-state index contributed by atoms with van der Waals surface area (Å²) in [5, 5.41) is 9.52. The third-order valence-corrected chi connectivity index (χ3v) is 4.64. The van der Waals surface area contributed by atoms with Gasteiger partial charge in [0.05, 0.1) is 18.9 Å². The molecule has 1 saturated carbocycles. The van der Waals surface area contributed by atoms with E-state index in [0.29, 0.717) is 23.8 Å². The normalized spacial score (nSPS) is 27.5. The van der Waals surface area contributed by atoms with Crippen LogP contribution in [0, 0.1) is 11.8 Å². The van der Waals surface area contributed by atoms with Crippen LogP contribution in [0.5, 0.6) is 5.75 Å². The van der Waals surface area contributed by atoms with Crippen LogP contribution in [0.2, 0.25) is 0 Å². The Bertz CT molecular complexity index is 575. The average molecular weight is 290 g/mol. The maximum absolute atomic E-state index is 12.7. The van der Waals surface area contributed by atoms with Gasteiger partial charge in [-0.2, -0.15) is 0 Å². The second-order valence-corrected chi connectivity index (χ2v) is 5.67. The van der Waals surface area contributed by atoms with Crippen LogP contribution in [0.25, 0.3) is 0 Å². The number of aliphatic carboxylic acids is 1. The number of nitrogens with zero attached hydrogens (tertiary/aromatic N) is 2. The Balaban J connectivity index is 1.92. The number of aromatic nitrogens is 1. The number of rotatable bonds is 3. The molecule has 3 rings (SSSR count). The minimum atomic E-state index is -0.911. The van der Waals surface area contributed by atoms with E-state index in [-0.39, 0.29) is 11.8 Å². The predicted molar refractivity (Wildman–Crippen MR) is 74.1 cm³/mol. The number of fused-ring (bicyclic) bond motifs is 1. The van der Waals surface area contributed by atoms with E-state index in [2.05, 4.69) is 4.98 Å². The van der Waals surface area contributed by atoms with Gasteiger partial charge in [0.25, 0.3) is 5.91 Å². The molecular weight excluding hydrogens is 272 g/mol. The lowest BCUT2D eigenvalue weighted by atomic mass is 9.94. The lowest BCUT2D eigenvalue weighted by Crippen LogP contribution is -2.43. The first kappa shape index (κ1) is 13.9. The number of likely N-dealkylation sites (tertiary alicyclic amines) is 1. The predicted octanol–water partition coefficient (Wildman–Crippen LogP) is 1.42. The number of carbonyl (C=O) groups excluding carboxylic acids is 1. The molecule has 6 nitrogen and oxygen atoms in total. The molecule has 6 heteroatoms. The van der Waals surface area contributed by atoms with Gasteiger partial charge in [-0.3, -0.25) is 9.78 Å². The van der Waals surface area contributed by atoms with Crippen molar-refractivity contribution >= 4 is 11.9 Å². The summed E-state index contributed by atoms with van der Waals surface area (Å²) in [5.41, 5.74) is 0.374. The molecule has 3 unspecified atom stereocenters. The van der Waals surface area contributed by atoms with Crippen LogP contribution in [0.3, 0.4) is 0 Å². The number of carboxylic acids is 1. The van der Waals surface area contributed by atoms with Crippen LogP contribution < -0.4 is 4.74 Å². The van der Waals surface area contributed by atoms with Crippen LogP contribution >= 0.6 is 0 Å². The Labute approximate surface area is 122 Å². The zero-order valence-electron chi connectivity index (χ0n) is 11.9. The van der Waals surface area contributed by atoms with E-state index in [1.54, 1.807) is 6.07 Å². The van der Waals surface area contributed by atoms with Crippen molar-refractivity contribution in [3.05, 3.63) is 24.0 Å². The summed E-state index contributed by atoms with van der Waals surface area (Å²) in [4.78, 5) is 29.8. The number of hydrogen-bond acceptors (Lipinski definition) is 4. The monoisotopic (exact) mass is 290 g/mol. The molecule has 2 heterocycles. The molecule has 1 saturated heterocycles. The van der Waals surface area contributed by atoms with E-state index >= 15 is 0 Å². The second kappa shape index (κ2) is 5.35. The van der Waals surface area contributed by atoms with Gasteiger partial charge < -0.3 is 14.7 Å². The molecule has 1 aromatic rings. The first-order valence-corrected chi connectivity index (χ1v) is 7.15. The Hall–Kier alpha value is -2.11. The molecule has 1 aliphatic carbocycles. The number of carboxylic acid groups (broad SMARTS) is 1. The van der Waals surface area contributed by atoms with E-state index in [1.807, 2.05) is 0 Å². The molecule has 2 fully saturated rings. The quantitative estimate of drug-likeness (QED) is 0.910. The molecule has 0 aromatic carbocycles. The lowest BCUT2D eigenvalue weighted by Gasteiger charge is -2.25. The topological polar surface area (TPSA) is 79.7 Å². The van der Waals surface area contributed by atoms with E-state index < -0.39 is 12.0 Å². The van der Waals surface area contributed by atoms with Gasteiger partial charge in [-0.1, -0.05) is 6.42 Å². The fourth-order valence-electron chi connectivity index (χ4n) is 3.70. The fourth-order valence-corrected chi connectivity index (χ4v) is 3.70. The van der Waals surface area contributed by atoms with Crippen molar-refractivity contribution in [3.63, 3.8) is 0 Å². The molecule has 0 radical (unpaired) electrons. The fraction of sp³-hybridized carbons (Fsp3) is 0.533. The first-order valence-electron chi connectivity index (χ1n) is 7.15. The second-order valence-electron chi connectivity index (χ2n) is 5.67. The first-order chi connectivity index (χ1) is 10.1. The van der Waals surface area contributed by atoms with Gasteiger partial charge in [-0.15, -0.1) is 0 Å². The number of ether oxygens (including phenoxy) is 1. The summed E-state index contributed by atoms with van der Waals surface area (Å²) in [6.07, 6.45) is 5.94. The van der Waals surface area contributed by atoms with Gasteiger partial charge in [0.15, 0.2) is 0 Å². The van der Waals surface area contributed by atoms with Crippen molar-refractivity contribution in [3.8, 4) is 5.75 Å². The standard InChI is InChI=1S/C15H18N2O4/c1-21-12-7-16-6-5-11(12)14(18)17-8-9-3-2-4-10(9)13(17)15(19)20/h5-7,9-10,13H,2-4,8H2,1H3,(H,19,20). The number of methoxy groups -OCH3 is 1. The average Bonchev–Trinajstić information content (AvgIpc) is 3.06. The summed E-state index contributed by atoms with van der Waals surface area (Å²) >= 11 is 0. The zero-order chi connectivity index (χ0) is 15.0. The Morgan fingerprint density at radius 1 is 1.43 bits per heavy atom. The summed E-state index contributed by atoms with van der Waals surface area (Å²) in [6, 6.07) is 0.858. The largest absolute Gasteiger partial charge is 0.494 e. The molecule has 1 aliphatic heterocycles. The lowest BCUT2D eigenvalue weighted by molar-refractivity contribution is -0.142. The highest BCUT2D eigenvalue weighted by molar-refractivity contribution is 5.99. The Morgan fingerprint density at radius 3 is 2.95 bits per heavy atom. The molecule has 1 N–H and O–H groups in total. The Morgan fingerprint density at radius 2 is 2.24 bits per heavy atom. The van der Waals surface area contributed by atoms with Crippen molar-refractivity contribution in [1.82, 2.24) is 9.88 Å². The number of hydrogen-bond donors (Lipinski definition) is 1. The molecule has 1 aromatic heterocycles. The molecule has 112 valence electrons. The number of amides is 1. The van der Waals surface area contributed by atoms with Crippen molar-refractivity contribution in [2.24, 2.45) is 11.8 Å². The number of carbonyl (C=O) groups is 2. The summed E-state index contributed by atoms with van der Waals surface area (Å²) in [6.45, 7) is 0.520. The van der Waals surface area contributed by atoms with E-state index in [9.17, 15) is 14.7 Å². The summed E-state index contributed by atoms with van der Waals surface area (Å²) < 4.78 is 5.16. The van der Waals surface area contributed by atoms with Gasteiger partial charge in [0.2, 0.25) is 0 Å². The zero-order valence-corrected chi connectivity index (χ0v) is 11.9. The van der Waals surface area contributed by atoms with Crippen molar-refractivity contribution < 1.29 is 19.4 Å². The van der Waals surface area contributed by atoms with Crippen LogP contribution in [-0.2, 0) is 4.79 Å². The van der Waals surface area contributed by atoms with Crippen LogP contribution in [0.1, 0.15) is 29.6 Å². The minimum absolute atomic E-state index is 0.0827. The highest BCUT2D eigenvalue weighted by Gasteiger charge is 2.49. The van der Waals surface area contributed by atoms with E-state index in [1.165, 1.54) is 24.4 Å².